The number of carbonyl (C=O) groups excluding carboxylic acids is 1. The molecule has 150 valence electrons. The SMILES string of the molecule is COc1ccc(N=c2oc3c(OC)cccc3cc2C(=O)Nc2cccnc2)cc1. The van der Waals surface area contributed by atoms with E-state index in [1.165, 1.54) is 0 Å². The van der Waals surface area contributed by atoms with Gasteiger partial charge in [-0.2, -0.15) is 0 Å². The first-order valence-electron chi connectivity index (χ1n) is 9.19. The number of rotatable bonds is 5. The van der Waals surface area contributed by atoms with E-state index in [2.05, 4.69) is 15.3 Å². The molecule has 0 radical (unpaired) electrons. The highest BCUT2D eigenvalue weighted by Crippen LogP contribution is 2.25. The van der Waals surface area contributed by atoms with Crippen LogP contribution in [0.25, 0.3) is 11.0 Å². The third-order valence-corrected chi connectivity index (χ3v) is 4.43. The van der Waals surface area contributed by atoms with Crippen LogP contribution in [0.1, 0.15) is 10.4 Å². The molecule has 0 aliphatic rings. The van der Waals surface area contributed by atoms with Gasteiger partial charge in [0.25, 0.3) is 5.91 Å². The van der Waals surface area contributed by atoms with Crippen molar-refractivity contribution in [3.63, 3.8) is 0 Å². The maximum atomic E-state index is 13.0. The number of ether oxygens (including phenoxy) is 2. The number of amides is 1. The van der Waals surface area contributed by atoms with Gasteiger partial charge in [-0.15, -0.1) is 0 Å². The normalized spacial score (nSPS) is 11.3. The van der Waals surface area contributed by atoms with Crippen LogP contribution in [0.5, 0.6) is 11.5 Å². The predicted molar refractivity (Wildman–Crippen MR) is 113 cm³/mol. The van der Waals surface area contributed by atoms with E-state index in [-0.39, 0.29) is 17.0 Å². The van der Waals surface area contributed by atoms with Gasteiger partial charge in [0.2, 0.25) is 5.55 Å². The first kappa shape index (κ1) is 19.2. The molecule has 4 rings (SSSR count). The Kier molecular flexibility index (Phi) is 5.43. The Morgan fingerprint density at radius 2 is 1.87 bits per heavy atom. The molecular weight excluding hydrogens is 382 g/mol. The van der Waals surface area contributed by atoms with Crippen LogP contribution >= 0.6 is 0 Å². The largest absolute Gasteiger partial charge is 0.497 e. The van der Waals surface area contributed by atoms with Gasteiger partial charge in [0.15, 0.2) is 11.3 Å². The zero-order chi connectivity index (χ0) is 20.9. The second-order valence-electron chi connectivity index (χ2n) is 6.35. The number of nitrogens with zero attached hydrogens (tertiary/aromatic N) is 2. The first-order valence-corrected chi connectivity index (χ1v) is 9.19. The highest BCUT2D eigenvalue weighted by Gasteiger charge is 2.15. The van der Waals surface area contributed by atoms with Gasteiger partial charge in [0.05, 0.1) is 31.8 Å². The smallest absolute Gasteiger partial charge is 0.261 e. The van der Waals surface area contributed by atoms with E-state index in [9.17, 15) is 4.79 Å². The van der Waals surface area contributed by atoms with E-state index >= 15 is 0 Å². The van der Waals surface area contributed by atoms with Gasteiger partial charge in [0.1, 0.15) is 11.3 Å². The number of hydrogen-bond donors (Lipinski definition) is 1. The number of pyridine rings is 1. The predicted octanol–water partition coefficient (Wildman–Crippen LogP) is 4.33. The molecule has 0 aliphatic heterocycles. The van der Waals surface area contributed by atoms with Crippen molar-refractivity contribution >= 4 is 28.3 Å². The summed E-state index contributed by atoms with van der Waals surface area (Å²) in [5, 5.41) is 3.54. The van der Waals surface area contributed by atoms with Crippen molar-refractivity contribution in [3.05, 3.63) is 84.2 Å². The van der Waals surface area contributed by atoms with Gasteiger partial charge in [-0.25, -0.2) is 4.99 Å². The maximum absolute atomic E-state index is 13.0. The van der Waals surface area contributed by atoms with Crippen molar-refractivity contribution in [1.82, 2.24) is 4.98 Å². The molecule has 4 aromatic rings. The summed E-state index contributed by atoms with van der Waals surface area (Å²) in [6, 6.07) is 17.8. The fraction of sp³-hybridized carbons (Fsp3) is 0.0870. The third-order valence-electron chi connectivity index (χ3n) is 4.43. The molecule has 2 heterocycles. The summed E-state index contributed by atoms with van der Waals surface area (Å²) in [4.78, 5) is 21.6. The monoisotopic (exact) mass is 401 g/mol. The minimum atomic E-state index is -0.358. The summed E-state index contributed by atoms with van der Waals surface area (Å²) in [6.45, 7) is 0. The third kappa shape index (κ3) is 4.00. The molecule has 0 spiro atoms. The van der Waals surface area contributed by atoms with Crippen molar-refractivity contribution in [1.29, 1.82) is 0 Å². The van der Waals surface area contributed by atoms with E-state index in [0.717, 1.165) is 5.39 Å². The van der Waals surface area contributed by atoms with E-state index in [1.807, 2.05) is 12.1 Å². The quantitative estimate of drug-likeness (QED) is 0.538. The Morgan fingerprint density at radius 3 is 2.57 bits per heavy atom. The number of carbonyl (C=O) groups is 1. The lowest BCUT2D eigenvalue weighted by Crippen LogP contribution is -2.21. The molecule has 1 amide bonds. The Hall–Kier alpha value is -4.13. The molecule has 0 aliphatic carbocycles. The second kappa shape index (κ2) is 8.48. The van der Waals surface area contributed by atoms with Crippen molar-refractivity contribution in [3.8, 4) is 11.5 Å². The van der Waals surface area contributed by atoms with Crippen LogP contribution in [0, 0.1) is 0 Å². The van der Waals surface area contributed by atoms with E-state index in [4.69, 9.17) is 13.9 Å². The Morgan fingerprint density at radius 1 is 1.03 bits per heavy atom. The molecule has 0 saturated heterocycles. The highest BCUT2D eigenvalue weighted by atomic mass is 16.5. The van der Waals surface area contributed by atoms with Crippen molar-refractivity contribution in [2.24, 2.45) is 4.99 Å². The molecular formula is C23H19N3O4. The molecule has 0 fully saturated rings. The molecule has 30 heavy (non-hydrogen) atoms. The number of anilines is 1. The van der Waals surface area contributed by atoms with Crippen molar-refractivity contribution in [2.75, 3.05) is 19.5 Å². The van der Waals surface area contributed by atoms with E-state index in [0.29, 0.717) is 28.5 Å². The molecule has 0 bridgehead atoms. The number of methoxy groups -OCH3 is 2. The van der Waals surface area contributed by atoms with Crippen LogP contribution in [0.4, 0.5) is 11.4 Å². The fourth-order valence-corrected chi connectivity index (χ4v) is 2.94. The number of fused-ring (bicyclic) bond motifs is 1. The van der Waals surface area contributed by atoms with Crippen LogP contribution in [0.15, 0.2) is 82.5 Å². The number of nitrogens with one attached hydrogen (secondary N) is 1. The molecule has 7 heteroatoms. The van der Waals surface area contributed by atoms with Gasteiger partial charge in [-0.1, -0.05) is 12.1 Å². The molecule has 0 saturated carbocycles. The summed E-state index contributed by atoms with van der Waals surface area (Å²) >= 11 is 0. The van der Waals surface area contributed by atoms with E-state index in [1.54, 1.807) is 75.1 Å². The van der Waals surface area contributed by atoms with Crippen LogP contribution in [0.3, 0.4) is 0 Å². The zero-order valence-corrected chi connectivity index (χ0v) is 16.5. The van der Waals surface area contributed by atoms with Gasteiger partial charge in [-0.3, -0.25) is 9.78 Å². The Bertz CT molecular complexity index is 1250. The standard InChI is InChI=1S/C23H19N3O4/c1-28-18-10-8-16(9-11-18)26-23-19(22(27)25-17-6-4-12-24-14-17)13-15-5-3-7-20(29-2)21(15)30-23/h3-14H,1-2H3,(H,25,27). The molecule has 0 unspecified atom stereocenters. The molecule has 2 aromatic carbocycles. The van der Waals surface area contributed by atoms with Crippen LogP contribution in [-0.4, -0.2) is 25.1 Å². The molecule has 1 N–H and O–H groups in total. The maximum Gasteiger partial charge on any atom is 0.261 e. The summed E-state index contributed by atoms with van der Waals surface area (Å²) in [5.74, 6) is 0.905. The second-order valence-corrected chi connectivity index (χ2v) is 6.35. The fourth-order valence-electron chi connectivity index (χ4n) is 2.94. The summed E-state index contributed by atoms with van der Waals surface area (Å²) in [7, 11) is 3.16. The lowest BCUT2D eigenvalue weighted by atomic mass is 10.1. The molecule has 7 nitrogen and oxygen atoms in total. The zero-order valence-electron chi connectivity index (χ0n) is 16.5. The van der Waals surface area contributed by atoms with Crippen LogP contribution in [0.2, 0.25) is 0 Å². The first-order chi connectivity index (χ1) is 14.7. The Labute approximate surface area is 172 Å². The summed E-state index contributed by atoms with van der Waals surface area (Å²) in [6.07, 6.45) is 3.21. The number of aromatic nitrogens is 1. The minimum absolute atomic E-state index is 0.165. The summed E-state index contributed by atoms with van der Waals surface area (Å²) in [5.41, 5.74) is 2.15. The van der Waals surface area contributed by atoms with Gasteiger partial charge >= 0.3 is 0 Å². The molecule has 0 atom stereocenters. The van der Waals surface area contributed by atoms with E-state index < -0.39 is 0 Å². The average Bonchev–Trinajstić information content (AvgIpc) is 2.79. The topological polar surface area (TPSA) is 86.0 Å². The van der Waals surface area contributed by atoms with Crippen LogP contribution < -0.4 is 20.3 Å². The summed E-state index contributed by atoms with van der Waals surface area (Å²) < 4.78 is 16.6. The molecule has 2 aromatic heterocycles. The van der Waals surface area contributed by atoms with Gasteiger partial charge in [0, 0.05) is 11.6 Å². The van der Waals surface area contributed by atoms with Crippen molar-refractivity contribution in [2.45, 2.75) is 0 Å². The number of hydrogen-bond acceptors (Lipinski definition) is 6. The number of para-hydroxylation sites is 1. The highest BCUT2D eigenvalue weighted by molar-refractivity contribution is 6.05. The van der Waals surface area contributed by atoms with Crippen molar-refractivity contribution < 1.29 is 18.7 Å². The lowest BCUT2D eigenvalue weighted by Gasteiger charge is -2.08. The number of benzene rings is 2. The Balaban J connectivity index is 1.87. The average molecular weight is 401 g/mol. The van der Waals surface area contributed by atoms with Crippen LogP contribution in [-0.2, 0) is 0 Å². The van der Waals surface area contributed by atoms with Gasteiger partial charge in [-0.05, 0) is 48.5 Å². The minimum Gasteiger partial charge on any atom is -0.497 e. The van der Waals surface area contributed by atoms with Gasteiger partial charge < -0.3 is 19.2 Å². The lowest BCUT2D eigenvalue weighted by molar-refractivity contribution is 0.102.